The molecular formula is C12H16F2N2O. The normalized spacial score (nSPS) is 10.3. The van der Waals surface area contributed by atoms with E-state index in [-0.39, 0.29) is 17.9 Å². The molecule has 0 fully saturated rings. The molecule has 0 aliphatic rings. The summed E-state index contributed by atoms with van der Waals surface area (Å²) in [6.45, 7) is 0.760. The van der Waals surface area contributed by atoms with Crippen LogP contribution in [0.1, 0.15) is 18.4 Å². The highest BCUT2D eigenvalue weighted by Crippen LogP contribution is 2.09. The van der Waals surface area contributed by atoms with Crippen molar-refractivity contribution in [1.29, 1.82) is 0 Å². The Balaban J connectivity index is 2.35. The van der Waals surface area contributed by atoms with Gasteiger partial charge in [-0.25, -0.2) is 8.78 Å². The fraction of sp³-hybridized carbons (Fsp3) is 0.417. The van der Waals surface area contributed by atoms with Crippen LogP contribution in [0.15, 0.2) is 18.2 Å². The van der Waals surface area contributed by atoms with Crippen LogP contribution in [0, 0.1) is 11.6 Å². The van der Waals surface area contributed by atoms with Gasteiger partial charge in [0, 0.05) is 13.0 Å². The maximum atomic E-state index is 13.2. The van der Waals surface area contributed by atoms with Crippen molar-refractivity contribution in [3.63, 3.8) is 0 Å². The van der Waals surface area contributed by atoms with Gasteiger partial charge in [-0.1, -0.05) is 0 Å². The van der Waals surface area contributed by atoms with Gasteiger partial charge in [0.1, 0.15) is 11.6 Å². The molecule has 0 aliphatic heterocycles. The Hall–Kier alpha value is -1.49. The van der Waals surface area contributed by atoms with Gasteiger partial charge in [-0.2, -0.15) is 0 Å². The van der Waals surface area contributed by atoms with E-state index in [4.69, 9.17) is 5.73 Å². The van der Waals surface area contributed by atoms with Gasteiger partial charge in [0.25, 0.3) is 0 Å². The zero-order valence-corrected chi connectivity index (χ0v) is 9.51. The highest BCUT2D eigenvalue weighted by molar-refractivity contribution is 5.75. The molecule has 3 nitrogen and oxygen atoms in total. The van der Waals surface area contributed by atoms with E-state index in [2.05, 4.69) is 5.32 Å². The van der Waals surface area contributed by atoms with Gasteiger partial charge >= 0.3 is 0 Å². The molecule has 0 aliphatic carbocycles. The van der Waals surface area contributed by atoms with E-state index < -0.39 is 11.6 Å². The Bertz CT molecular complexity index is 383. The standard InChI is InChI=1S/C12H16F2N2O/c13-10-3-4-11(14)9(8-10)5-7-16-12(17)2-1-6-15/h3-4,8H,1-2,5-7,15H2,(H,16,17). The number of hydrogen-bond donors (Lipinski definition) is 2. The molecule has 1 aromatic rings. The van der Waals surface area contributed by atoms with E-state index in [1.165, 1.54) is 0 Å². The summed E-state index contributed by atoms with van der Waals surface area (Å²) >= 11 is 0. The van der Waals surface area contributed by atoms with Crippen molar-refractivity contribution in [2.24, 2.45) is 5.73 Å². The fourth-order valence-electron chi connectivity index (χ4n) is 1.42. The van der Waals surface area contributed by atoms with Gasteiger partial charge in [-0.15, -0.1) is 0 Å². The molecular weight excluding hydrogens is 226 g/mol. The van der Waals surface area contributed by atoms with Crippen LogP contribution >= 0.6 is 0 Å². The number of carbonyl (C=O) groups is 1. The Morgan fingerprint density at radius 1 is 1.35 bits per heavy atom. The van der Waals surface area contributed by atoms with Crippen LogP contribution in [0.5, 0.6) is 0 Å². The van der Waals surface area contributed by atoms with Crippen molar-refractivity contribution in [1.82, 2.24) is 5.32 Å². The first-order valence-corrected chi connectivity index (χ1v) is 5.54. The van der Waals surface area contributed by atoms with E-state index >= 15 is 0 Å². The maximum Gasteiger partial charge on any atom is 0.220 e. The number of nitrogens with two attached hydrogens (primary N) is 1. The molecule has 0 unspecified atom stereocenters. The Kier molecular flexibility index (Phi) is 5.56. The van der Waals surface area contributed by atoms with Crippen LogP contribution in [0.4, 0.5) is 8.78 Å². The summed E-state index contributed by atoms with van der Waals surface area (Å²) in [5, 5.41) is 2.63. The fourth-order valence-corrected chi connectivity index (χ4v) is 1.42. The van der Waals surface area contributed by atoms with E-state index in [9.17, 15) is 13.6 Å². The molecule has 0 heterocycles. The van der Waals surface area contributed by atoms with Crippen LogP contribution in [-0.2, 0) is 11.2 Å². The molecule has 0 aromatic heterocycles. The second kappa shape index (κ2) is 6.96. The van der Waals surface area contributed by atoms with Gasteiger partial charge < -0.3 is 11.1 Å². The van der Waals surface area contributed by atoms with E-state index in [1.54, 1.807) is 0 Å². The molecule has 3 N–H and O–H groups in total. The summed E-state index contributed by atoms with van der Waals surface area (Å²) in [7, 11) is 0. The molecule has 0 saturated heterocycles. The molecule has 0 radical (unpaired) electrons. The van der Waals surface area contributed by atoms with Gasteiger partial charge in [0.15, 0.2) is 0 Å². The molecule has 1 aromatic carbocycles. The number of hydrogen-bond acceptors (Lipinski definition) is 2. The number of nitrogens with one attached hydrogen (secondary N) is 1. The zero-order valence-electron chi connectivity index (χ0n) is 9.51. The first-order valence-electron chi connectivity index (χ1n) is 5.54. The molecule has 94 valence electrons. The summed E-state index contributed by atoms with van der Waals surface area (Å²) in [4.78, 5) is 11.2. The number of rotatable bonds is 6. The second-order valence-electron chi connectivity index (χ2n) is 3.73. The van der Waals surface area contributed by atoms with Crippen molar-refractivity contribution in [2.75, 3.05) is 13.1 Å². The van der Waals surface area contributed by atoms with Crippen LogP contribution < -0.4 is 11.1 Å². The van der Waals surface area contributed by atoms with Crippen LogP contribution in [0.25, 0.3) is 0 Å². The highest BCUT2D eigenvalue weighted by atomic mass is 19.1. The van der Waals surface area contributed by atoms with Crippen molar-refractivity contribution in [3.8, 4) is 0 Å². The monoisotopic (exact) mass is 242 g/mol. The second-order valence-corrected chi connectivity index (χ2v) is 3.73. The van der Waals surface area contributed by atoms with Gasteiger partial charge in [0.2, 0.25) is 5.91 Å². The molecule has 17 heavy (non-hydrogen) atoms. The third kappa shape index (κ3) is 4.91. The third-order valence-corrected chi connectivity index (χ3v) is 2.33. The molecule has 0 saturated carbocycles. The van der Waals surface area contributed by atoms with Crippen LogP contribution in [-0.4, -0.2) is 19.0 Å². The van der Waals surface area contributed by atoms with Crippen molar-refractivity contribution in [2.45, 2.75) is 19.3 Å². The predicted molar refractivity (Wildman–Crippen MR) is 61.4 cm³/mol. The molecule has 0 atom stereocenters. The van der Waals surface area contributed by atoms with Crippen LogP contribution in [0.2, 0.25) is 0 Å². The minimum Gasteiger partial charge on any atom is -0.356 e. The summed E-state index contributed by atoms with van der Waals surface area (Å²) in [6, 6.07) is 3.29. The lowest BCUT2D eigenvalue weighted by molar-refractivity contribution is -0.121. The Labute approximate surface area is 99.0 Å². The molecule has 0 spiro atoms. The minimum atomic E-state index is -0.476. The maximum absolute atomic E-state index is 13.2. The molecule has 1 amide bonds. The lowest BCUT2D eigenvalue weighted by Gasteiger charge is -2.06. The Morgan fingerprint density at radius 2 is 2.12 bits per heavy atom. The van der Waals surface area contributed by atoms with Gasteiger partial charge in [-0.05, 0) is 43.1 Å². The number of amides is 1. The largest absolute Gasteiger partial charge is 0.356 e. The van der Waals surface area contributed by atoms with Crippen molar-refractivity contribution < 1.29 is 13.6 Å². The number of carbonyl (C=O) groups excluding carboxylic acids is 1. The first kappa shape index (κ1) is 13.6. The minimum absolute atomic E-state index is 0.118. The van der Waals surface area contributed by atoms with E-state index in [0.717, 1.165) is 18.2 Å². The van der Waals surface area contributed by atoms with Crippen LogP contribution in [0.3, 0.4) is 0 Å². The van der Waals surface area contributed by atoms with Gasteiger partial charge in [0.05, 0.1) is 0 Å². The van der Waals surface area contributed by atoms with Gasteiger partial charge in [-0.3, -0.25) is 4.79 Å². The average Bonchev–Trinajstić information content (AvgIpc) is 2.31. The highest BCUT2D eigenvalue weighted by Gasteiger charge is 2.05. The Morgan fingerprint density at radius 3 is 2.82 bits per heavy atom. The lowest BCUT2D eigenvalue weighted by Crippen LogP contribution is -2.26. The third-order valence-electron chi connectivity index (χ3n) is 2.33. The molecule has 5 heteroatoms. The summed E-state index contributed by atoms with van der Waals surface area (Å²) in [5.74, 6) is -1.05. The summed E-state index contributed by atoms with van der Waals surface area (Å²) in [6.07, 6.45) is 1.26. The smallest absolute Gasteiger partial charge is 0.220 e. The summed E-state index contributed by atoms with van der Waals surface area (Å²) < 4.78 is 26.0. The number of benzene rings is 1. The van der Waals surface area contributed by atoms with Crippen molar-refractivity contribution in [3.05, 3.63) is 35.4 Å². The zero-order chi connectivity index (χ0) is 12.7. The topological polar surface area (TPSA) is 55.1 Å². The number of halogens is 2. The molecule has 0 bridgehead atoms. The summed E-state index contributed by atoms with van der Waals surface area (Å²) in [5.41, 5.74) is 5.53. The SMILES string of the molecule is NCCCC(=O)NCCc1cc(F)ccc1F. The quantitative estimate of drug-likeness (QED) is 0.791. The predicted octanol–water partition coefficient (Wildman–Crippen LogP) is 1.36. The van der Waals surface area contributed by atoms with E-state index in [0.29, 0.717) is 25.9 Å². The lowest BCUT2D eigenvalue weighted by atomic mass is 10.1. The van der Waals surface area contributed by atoms with Crippen molar-refractivity contribution >= 4 is 5.91 Å². The van der Waals surface area contributed by atoms with E-state index in [1.807, 2.05) is 0 Å². The molecule has 1 rings (SSSR count). The average molecular weight is 242 g/mol. The first-order chi connectivity index (χ1) is 8.13.